The quantitative estimate of drug-likeness (QED) is 0.768. The third-order valence-electron chi connectivity index (χ3n) is 3.33. The number of morpholine rings is 1. The van der Waals surface area contributed by atoms with Gasteiger partial charge in [-0.1, -0.05) is 28.1 Å². The van der Waals surface area contributed by atoms with Gasteiger partial charge in [0.2, 0.25) is 0 Å². The highest BCUT2D eigenvalue weighted by Crippen LogP contribution is 2.29. The molecular weight excluding hydrogens is 290 g/mol. The van der Waals surface area contributed by atoms with Gasteiger partial charge < -0.3 is 9.64 Å². The zero-order valence-corrected chi connectivity index (χ0v) is 13.3. The van der Waals surface area contributed by atoms with Crippen LogP contribution >= 0.6 is 15.9 Å². The SMILES string of the molecule is Cc1cc(CBr)ccc1N1CC(C)OC(C)(C)C1. The lowest BCUT2D eigenvalue weighted by atomic mass is 10.0. The molecule has 0 bridgehead atoms. The van der Waals surface area contributed by atoms with E-state index in [1.54, 1.807) is 0 Å². The molecule has 1 aliphatic rings. The van der Waals surface area contributed by atoms with Gasteiger partial charge in [0.1, 0.15) is 0 Å². The molecule has 1 aromatic rings. The Morgan fingerprint density at radius 3 is 2.72 bits per heavy atom. The molecule has 0 N–H and O–H groups in total. The molecule has 18 heavy (non-hydrogen) atoms. The summed E-state index contributed by atoms with van der Waals surface area (Å²) in [5, 5.41) is 0.916. The third kappa shape index (κ3) is 3.07. The van der Waals surface area contributed by atoms with Gasteiger partial charge in [0.05, 0.1) is 11.7 Å². The molecule has 0 aliphatic carbocycles. The smallest absolute Gasteiger partial charge is 0.0805 e. The van der Waals surface area contributed by atoms with E-state index in [-0.39, 0.29) is 11.7 Å². The average molecular weight is 312 g/mol. The number of ether oxygens (including phenoxy) is 1. The van der Waals surface area contributed by atoms with Crippen molar-refractivity contribution in [1.29, 1.82) is 0 Å². The van der Waals surface area contributed by atoms with Gasteiger partial charge in [-0.05, 0) is 44.9 Å². The van der Waals surface area contributed by atoms with Crippen molar-refractivity contribution in [2.75, 3.05) is 18.0 Å². The highest BCUT2D eigenvalue weighted by atomic mass is 79.9. The largest absolute Gasteiger partial charge is 0.369 e. The number of aryl methyl sites for hydroxylation is 1. The predicted molar refractivity (Wildman–Crippen MR) is 80.6 cm³/mol. The summed E-state index contributed by atoms with van der Waals surface area (Å²) in [5.41, 5.74) is 3.94. The van der Waals surface area contributed by atoms with Crippen molar-refractivity contribution in [2.45, 2.75) is 44.7 Å². The predicted octanol–water partition coefficient (Wildman–Crippen LogP) is 3.89. The molecule has 1 heterocycles. The Morgan fingerprint density at radius 2 is 2.17 bits per heavy atom. The van der Waals surface area contributed by atoms with Crippen LogP contribution in [0.15, 0.2) is 18.2 Å². The van der Waals surface area contributed by atoms with Gasteiger partial charge in [0.25, 0.3) is 0 Å². The number of benzene rings is 1. The van der Waals surface area contributed by atoms with Crippen LogP contribution < -0.4 is 4.90 Å². The van der Waals surface area contributed by atoms with E-state index in [9.17, 15) is 0 Å². The van der Waals surface area contributed by atoms with Gasteiger partial charge in [-0.25, -0.2) is 0 Å². The minimum atomic E-state index is -0.0712. The van der Waals surface area contributed by atoms with Gasteiger partial charge in [-0.2, -0.15) is 0 Å². The van der Waals surface area contributed by atoms with Crippen LogP contribution in [-0.4, -0.2) is 24.8 Å². The van der Waals surface area contributed by atoms with Crippen LogP contribution in [0, 0.1) is 6.92 Å². The molecule has 1 fully saturated rings. The summed E-state index contributed by atoms with van der Waals surface area (Å²) in [6.07, 6.45) is 0.281. The van der Waals surface area contributed by atoms with Gasteiger partial charge in [-0.15, -0.1) is 0 Å². The number of alkyl halides is 1. The van der Waals surface area contributed by atoms with Crippen LogP contribution in [0.25, 0.3) is 0 Å². The first-order valence-electron chi connectivity index (χ1n) is 6.49. The zero-order chi connectivity index (χ0) is 13.3. The minimum Gasteiger partial charge on any atom is -0.369 e. The fourth-order valence-electron chi connectivity index (χ4n) is 2.79. The molecule has 0 aromatic heterocycles. The molecule has 0 amide bonds. The Balaban J connectivity index is 2.25. The summed E-state index contributed by atoms with van der Waals surface area (Å²) in [6, 6.07) is 6.70. The van der Waals surface area contributed by atoms with E-state index < -0.39 is 0 Å². The van der Waals surface area contributed by atoms with Crippen molar-refractivity contribution in [3.63, 3.8) is 0 Å². The van der Waals surface area contributed by atoms with E-state index in [2.05, 4.69) is 66.7 Å². The Bertz CT molecular complexity index is 431. The second-order valence-corrected chi connectivity index (χ2v) is 6.38. The first-order valence-corrected chi connectivity index (χ1v) is 7.62. The molecule has 1 aromatic carbocycles. The van der Waals surface area contributed by atoms with E-state index in [1.165, 1.54) is 16.8 Å². The Labute approximate surface area is 118 Å². The van der Waals surface area contributed by atoms with E-state index in [4.69, 9.17) is 4.74 Å². The molecule has 100 valence electrons. The van der Waals surface area contributed by atoms with E-state index in [0.717, 1.165) is 18.4 Å². The van der Waals surface area contributed by atoms with Crippen LogP contribution in [0.2, 0.25) is 0 Å². The second-order valence-electron chi connectivity index (χ2n) is 5.82. The van der Waals surface area contributed by atoms with Gasteiger partial charge in [0.15, 0.2) is 0 Å². The fourth-order valence-corrected chi connectivity index (χ4v) is 3.14. The van der Waals surface area contributed by atoms with E-state index >= 15 is 0 Å². The summed E-state index contributed by atoms with van der Waals surface area (Å²) >= 11 is 3.51. The summed E-state index contributed by atoms with van der Waals surface area (Å²) in [5.74, 6) is 0. The van der Waals surface area contributed by atoms with Gasteiger partial charge in [-0.3, -0.25) is 0 Å². The maximum Gasteiger partial charge on any atom is 0.0805 e. The van der Waals surface area contributed by atoms with Gasteiger partial charge >= 0.3 is 0 Å². The first-order chi connectivity index (χ1) is 8.41. The number of halogens is 1. The lowest BCUT2D eigenvalue weighted by molar-refractivity contribution is -0.0749. The lowest BCUT2D eigenvalue weighted by Gasteiger charge is -2.43. The molecule has 0 saturated carbocycles. The fraction of sp³-hybridized carbons (Fsp3) is 0.600. The maximum atomic E-state index is 5.96. The Hall–Kier alpha value is -0.540. The molecule has 1 unspecified atom stereocenters. The molecule has 2 rings (SSSR count). The normalized spacial score (nSPS) is 23.2. The van der Waals surface area contributed by atoms with Crippen molar-refractivity contribution in [3.8, 4) is 0 Å². The average Bonchev–Trinajstić information content (AvgIpc) is 2.25. The van der Waals surface area contributed by atoms with Crippen LogP contribution in [0.4, 0.5) is 5.69 Å². The van der Waals surface area contributed by atoms with Gasteiger partial charge in [0, 0.05) is 24.1 Å². The molecule has 0 radical (unpaired) electrons. The summed E-state index contributed by atoms with van der Waals surface area (Å²) in [7, 11) is 0. The molecule has 1 aliphatic heterocycles. The Morgan fingerprint density at radius 1 is 1.44 bits per heavy atom. The summed E-state index contributed by atoms with van der Waals surface area (Å²) in [4.78, 5) is 2.45. The summed E-state index contributed by atoms with van der Waals surface area (Å²) in [6.45, 7) is 10.6. The molecule has 2 nitrogen and oxygen atoms in total. The second kappa shape index (κ2) is 5.22. The number of anilines is 1. The van der Waals surface area contributed by atoms with E-state index in [1.807, 2.05) is 0 Å². The van der Waals surface area contributed by atoms with Crippen LogP contribution in [0.5, 0.6) is 0 Å². The topological polar surface area (TPSA) is 12.5 Å². The highest BCUT2D eigenvalue weighted by molar-refractivity contribution is 9.08. The highest BCUT2D eigenvalue weighted by Gasteiger charge is 2.31. The van der Waals surface area contributed by atoms with Crippen molar-refractivity contribution in [3.05, 3.63) is 29.3 Å². The van der Waals surface area contributed by atoms with Crippen LogP contribution in [0.3, 0.4) is 0 Å². The standard InChI is InChI=1S/C15H22BrNO/c1-11-7-13(8-16)5-6-14(11)17-9-12(2)18-15(3,4)10-17/h5-7,12H,8-10H2,1-4H3. The summed E-state index contributed by atoms with van der Waals surface area (Å²) < 4.78 is 5.96. The lowest BCUT2D eigenvalue weighted by Crippen LogP contribution is -2.52. The molecule has 1 saturated heterocycles. The number of hydrogen-bond donors (Lipinski definition) is 0. The number of rotatable bonds is 2. The number of nitrogens with zero attached hydrogens (tertiary/aromatic N) is 1. The maximum absolute atomic E-state index is 5.96. The van der Waals surface area contributed by atoms with E-state index in [0.29, 0.717) is 0 Å². The first kappa shape index (κ1) is 13.9. The van der Waals surface area contributed by atoms with Crippen LogP contribution in [-0.2, 0) is 10.1 Å². The zero-order valence-electron chi connectivity index (χ0n) is 11.7. The van der Waals surface area contributed by atoms with Crippen molar-refractivity contribution in [1.82, 2.24) is 0 Å². The van der Waals surface area contributed by atoms with Crippen LogP contribution in [0.1, 0.15) is 31.9 Å². The third-order valence-corrected chi connectivity index (χ3v) is 3.97. The Kier molecular flexibility index (Phi) is 4.02. The monoisotopic (exact) mass is 311 g/mol. The molecule has 3 heteroatoms. The minimum absolute atomic E-state index is 0.0712. The number of hydrogen-bond acceptors (Lipinski definition) is 2. The van der Waals surface area contributed by atoms with Crippen molar-refractivity contribution in [2.24, 2.45) is 0 Å². The van der Waals surface area contributed by atoms with Crippen molar-refractivity contribution >= 4 is 21.6 Å². The molecule has 1 atom stereocenters. The molecule has 0 spiro atoms. The van der Waals surface area contributed by atoms with Crippen molar-refractivity contribution < 1.29 is 4.74 Å². The molecular formula is C15H22BrNO.